The molecule has 136 valence electrons. The Balaban J connectivity index is 1.68. The molecule has 1 fully saturated rings. The van der Waals surface area contributed by atoms with Gasteiger partial charge < -0.3 is 19.7 Å². The summed E-state index contributed by atoms with van der Waals surface area (Å²) in [6, 6.07) is 5.28. The number of carbonyl (C=O) groups is 1. The second-order valence-corrected chi connectivity index (χ2v) is 8.02. The van der Waals surface area contributed by atoms with Crippen molar-refractivity contribution >= 4 is 22.8 Å². The van der Waals surface area contributed by atoms with Gasteiger partial charge in [0, 0.05) is 30.6 Å². The molecule has 2 amide bonds. The zero-order valence-electron chi connectivity index (χ0n) is 15.4. The van der Waals surface area contributed by atoms with Gasteiger partial charge in [-0.3, -0.25) is 0 Å². The summed E-state index contributed by atoms with van der Waals surface area (Å²) in [6.45, 7) is 6.71. The third-order valence-electron chi connectivity index (χ3n) is 4.75. The second-order valence-electron chi connectivity index (χ2n) is 8.02. The number of oxazole rings is 1. The van der Waals surface area contributed by atoms with E-state index < -0.39 is 0 Å². The molecule has 1 saturated carbocycles. The lowest BCUT2D eigenvalue weighted by Gasteiger charge is -2.23. The summed E-state index contributed by atoms with van der Waals surface area (Å²) in [4.78, 5) is 18.6. The van der Waals surface area contributed by atoms with Crippen molar-refractivity contribution in [1.82, 2.24) is 9.88 Å². The van der Waals surface area contributed by atoms with Gasteiger partial charge in [-0.15, -0.1) is 0 Å². The number of amides is 2. The molecule has 0 radical (unpaired) electrons. The number of carbonyl (C=O) groups excluding carboxylic acids is 1. The predicted octanol–water partition coefficient (Wildman–Crippen LogP) is 3.75. The zero-order valence-corrected chi connectivity index (χ0v) is 15.4. The van der Waals surface area contributed by atoms with Crippen LogP contribution in [0.1, 0.15) is 45.9 Å². The van der Waals surface area contributed by atoms with Gasteiger partial charge in [-0.05, 0) is 31.0 Å². The van der Waals surface area contributed by atoms with Gasteiger partial charge in [-0.2, -0.15) is 0 Å². The van der Waals surface area contributed by atoms with E-state index in [1.807, 2.05) is 39.0 Å². The van der Waals surface area contributed by atoms with Crippen LogP contribution in [-0.2, 0) is 5.41 Å². The first-order valence-electron chi connectivity index (χ1n) is 8.85. The van der Waals surface area contributed by atoms with E-state index in [2.05, 4.69) is 10.3 Å². The van der Waals surface area contributed by atoms with Crippen molar-refractivity contribution in [3.05, 3.63) is 24.1 Å². The van der Waals surface area contributed by atoms with Gasteiger partial charge >= 0.3 is 6.03 Å². The van der Waals surface area contributed by atoms with Crippen LogP contribution in [0.25, 0.3) is 11.1 Å². The van der Waals surface area contributed by atoms with Gasteiger partial charge in [0.1, 0.15) is 5.52 Å². The van der Waals surface area contributed by atoms with E-state index in [4.69, 9.17) is 4.42 Å². The Hall–Kier alpha value is -2.08. The van der Waals surface area contributed by atoms with Crippen molar-refractivity contribution in [2.75, 3.05) is 18.9 Å². The molecule has 3 rings (SSSR count). The molecule has 1 heterocycles. The van der Waals surface area contributed by atoms with Gasteiger partial charge in [-0.25, -0.2) is 9.78 Å². The molecule has 25 heavy (non-hydrogen) atoms. The summed E-state index contributed by atoms with van der Waals surface area (Å²) in [6.07, 6.45) is 2.54. The minimum atomic E-state index is -0.294. The Morgan fingerprint density at radius 2 is 2.16 bits per heavy atom. The van der Waals surface area contributed by atoms with Gasteiger partial charge in [0.25, 0.3) is 0 Å². The van der Waals surface area contributed by atoms with E-state index in [1.165, 1.54) is 0 Å². The van der Waals surface area contributed by atoms with Crippen LogP contribution in [0.5, 0.6) is 0 Å². The normalized spacial score (nSPS) is 20.8. The van der Waals surface area contributed by atoms with E-state index in [0.717, 1.165) is 24.8 Å². The molecule has 0 bridgehead atoms. The third-order valence-corrected chi connectivity index (χ3v) is 4.75. The summed E-state index contributed by atoms with van der Waals surface area (Å²) in [5.41, 5.74) is 1.97. The van der Waals surface area contributed by atoms with Gasteiger partial charge in [0.05, 0.1) is 6.10 Å². The van der Waals surface area contributed by atoms with E-state index in [9.17, 15) is 9.90 Å². The smallest absolute Gasteiger partial charge is 0.321 e. The molecule has 1 aromatic carbocycles. The van der Waals surface area contributed by atoms with Crippen LogP contribution in [0, 0.1) is 5.92 Å². The number of benzene rings is 1. The third kappa shape index (κ3) is 3.95. The van der Waals surface area contributed by atoms with Crippen LogP contribution >= 0.6 is 0 Å². The Bertz CT molecular complexity index is 763. The van der Waals surface area contributed by atoms with Crippen LogP contribution in [0.3, 0.4) is 0 Å². The summed E-state index contributed by atoms with van der Waals surface area (Å²) in [7, 11) is 1.76. The molecule has 1 aliphatic rings. The maximum absolute atomic E-state index is 12.4. The van der Waals surface area contributed by atoms with E-state index in [0.29, 0.717) is 23.7 Å². The lowest BCUT2D eigenvalue weighted by Crippen LogP contribution is -2.37. The molecular formula is C19H27N3O3. The SMILES string of the molecule is CN(CC1CCCC1O)C(=O)Nc1ccc2oc(C(C)(C)C)nc2c1. The maximum atomic E-state index is 12.4. The Labute approximate surface area is 148 Å². The second kappa shape index (κ2) is 6.67. The molecular weight excluding hydrogens is 318 g/mol. The largest absolute Gasteiger partial charge is 0.440 e. The fraction of sp³-hybridized carbons (Fsp3) is 0.579. The predicted molar refractivity (Wildman–Crippen MR) is 97.7 cm³/mol. The number of urea groups is 1. The highest BCUT2D eigenvalue weighted by Crippen LogP contribution is 2.28. The fourth-order valence-corrected chi connectivity index (χ4v) is 3.21. The summed E-state index contributed by atoms with van der Waals surface area (Å²) in [5, 5.41) is 12.8. The van der Waals surface area contributed by atoms with E-state index >= 15 is 0 Å². The number of fused-ring (bicyclic) bond motifs is 1. The van der Waals surface area contributed by atoms with Crippen molar-refractivity contribution < 1.29 is 14.3 Å². The van der Waals surface area contributed by atoms with Crippen LogP contribution in [0.2, 0.25) is 0 Å². The van der Waals surface area contributed by atoms with E-state index in [1.54, 1.807) is 11.9 Å². The highest BCUT2D eigenvalue weighted by molar-refractivity contribution is 5.91. The summed E-state index contributed by atoms with van der Waals surface area (Å²) >= 11 is 0. The first-order valence-corrected chi connectivity index (χ1v) is 8.85. The topological polar surface area (TPSA) is 78.6 Å². The van der Waals surface area contributed by atoms with Crippen molar-refractivity contribution in [2.45, 2.75) is 51.6 Å². The van der Waals surface area contributed by atoms with Crippen LogP contribution in [-0.4, -0.2) is 40.7 Å². The molecule has 2 unspecified atom stereocenters. The average Bonchev–Trinajstić information content (AvgIpc) is 3.13. The van der Waals surface area contributed by atoms with Crippen LogP contribution in [0.4, 0.5) is 10.5 Å². The van der Waals surface area contributed by atoms with Crippen molar-refractivity contribution in [3.63, 3.8) is 0 Å². The molecule has 1 aliphatic carbocycles. The lowest BCUT2D eigenvalue weighted by molar-refractivity contribution is 0.116. The number of anilines is 1. The quantitative estimate of drug-likeness (QED) is 0.888. The fourth-order valence-electron chi connectivity index (χ4n) is 3.21. The number of nitrogens with zero attached hydrogens (tertiary/aromatic N) is 2. The molecule has 6 nitrogen and oxygen atoms in total. The first-order chi connectivity index (χ1) is 11.7. The first kappa shape index (κ1) is 17.7. The molecule has 1 aromatic heterocycles. The van der Waals surface area contributed by atoms with Gasteiger partial charge in [-0.1, -0.05) is 27.2 Å². The monoisotopic (exact) mass is 345 g/mol. The lowest BCUT2D eigenvalue weighted by atomic mass is 9.97. The van der Waals surface area contributed by atoms with Gasteiger partial charge in [0.2, 0.25) is 5.89 Å². The maximum Gasteiger partial charge on any atom is 0.321 e. The highest BCUT2D eigenvalue weighted by atomic mass is 16.3. The number of hydrogen-bond donors (Lipinski definition) is 2. The number of aromatic nitrogens is 1. The van der Waals surface area contributed by atoms with Crippen LogP contribution in [0.15, 0.2) is 22.6 Å². The minimum Gasteiger partial charge on any atom is -0.440 e. The zero-order chi connectivity index (χ0) is 18.2. The number of aliphatic hydroxyl groups is 1. The molecule has 6 heteroatoms. The molecule has 0 saturated heterocycles. The van der Waals surface area contributed by atoms with Crippen molar-refractivity contribution in [3.8, 4) is 0 Å². The Kier molecular flexibility index (Phi) is 4.73. The Morgan fingerprint density at radius 3 is 2.80 bits per heavy atom. The summed E-state index contributed by atoms with van der Waals surface area (Å²) in [5.74, 6) is 0.849. The average molecular weight is 345 g/mol. The standard InChI is InChI=1S/C19H27N3O3/c1-19(2,3)17-21-14-10-13(8-9-16(14)25-17)20-18(24)22(4)11-12-6-5-7-15(12)23/h8-10,12,15,23H,5-7,11H2,1-4H3,(H,20,24). The number of aliphatic hydroxyl groups excluding tert-OH is 1. The highest BCUT2D eigenvalue weighted by Gasteiger charge is 2.27. The molecule has 0 aliphatic heterocycles. The minimum absolute atomic E-state index is 0.162. The van der Waals surface area contributed by atoms with Crippen molar-refractivity contribution in [2.24, 2.45) is 5.92 Å². The van der Waals surface area contributed by atoms with Crippen LogP contribution < -0.4 is 5.32 Å². The Morgan fingerprint density at radius 1 is 1.40 bits per heavy atom. The van der Waals surface area contributed by atoms with Crippen molar-refractivity contribution in [1.29, 1.82) is 0 Å². The molecule has 0 spiro atoms. The molecule has 2 N–H and O–H groups in total. The summed E-state index contributed by atoms with van der Waals surface area (Å²) < 4.78 is 5.78. The number of hydrogen-bond acceptors (Lipinski definition) is 4. The number of rotatable bonds is 3. The number of nitrogens with one attached hydrogen (secondary N) is 1. The van der Waals surface area contributed by atoms with Gasteiger partial charge in [0.15, 0.2) is 5.58 Å². The molecule has 2 atom stereocenters. The molecule has 2 aromatic rings. The van der Waals surface area contributed by atoms with E-state index in [-0.39, 0.29) is 23.5 Å².